The Bertz CT molecular complexity index is 2650. The first-order chi connectivity index (χ1) is 24.7. The van der Waals surface area contributed by atoms with Crippen LogP contribution in [-0.2, 0) is 0 Å². The molecule has 0 aliphatic rings. The fourth-order valence-electron chi connectivity index (χ4n) is 6.55. The average Bonchev–Trinajstić information content (AvgIpc) is 3.57. The van der Waals surface area contributed by atoms with Crippen LogP contribution >= 0.6 is 0 Å². The first kappa shape index (κ1) is 29.4. The van der Waals surface area contributed by atoms with Gasteiger partial charge in [-0.25, -0.2) is 15.0 Å². The molecule has 3 heterocycles. The molecule has 0 saturated heterocycles. The van der Waals surface area contributed by atoms with Gasteiger partial charge in [0, 0.05) is 39.2 Å². The van der Waals surface area contributed by atoms with Crippen molar-refractivity contribution in [2.45, 2.75) is 6.92 Å². The first-order valence-corrected chi connectivity index (χ1v) is 16.6. The fourth-order valence-corrected chi connectivity index (χ4v) is 6.55. The van der Waals surface area contributed by atoms with Crippen molar-refractivity contribution in [1.82, 2.24) is 19.9 Å². The molecule has 0 radical (unpaired) electrons. The van der Waals surface area contributed by atoms with Crippen molar-refractivity contribution in [2.75, 3.05) is 0 Å². The Labute approximate surface area is 289 Å². The van der Waals surface area contributed by atoms with Gasteiger partial charge in [-0.3, -0.25) is 4.98 Å². The van der Waals surface area contributed by atoms with Crippen LogP contribution in [0.15, 0.2) is 168 Å². The predicted octanol–water partition coefficient (Wildman–Crippen LogP) is 11.5. The lowest BCUT2D eigenvalue weighted by molar-refractivity contribution is 0.669. The van der Waals surface area contributed by atoms with Crippen LogP contribution < -0.4 is 0 Å². The fraction of sp³-hybridized carbons (Fsp3) is 0.0222. The van der Waals surface area contributed by atoms with Crippen LogP contribution in [0.25, 0.3) is 89.6 Å². The number of aromatic nitrogens is 4. The standard InChI is InChI=1S/C45H30N4O/c1-29-11-8-18-34(25-29)39-24-22-36(28-46-39)45-48-43(31-14-6-3-7-15-31)47-44(49-45)35-21-23-38-41(27-35)50-40-20-10-19-37(42(38)40)33-17-9-16-32(26-33)30-12-4-2-5-13-30/h2-28H,1H3. The maximum atomic E-state index is 6.50. The Balaban J connectivity index is 1.14. The number of benzene rings is 6. The van der Waals surface area contributed by atoms with Crippen molar-refractivity contribution in [3.8, 4) is 67.7 Å². The highest BCUT2D eigenvalue weighted by Gasteiger charge is 2.17. The number of rotatable bonds is 6. The average molecular weight is 643 g/mol. The Morgan fingerprint density at radius 1 is 0.420 bits per heavy atom. The van der Waals surface area contributed by atoms with E-state index >= 15 is 0 Å². The Morgan fingerprint density at radius 3 is 1.82 bits per heavy atom. The van der Waals surface area contributed by atoms with Crippen molar-refractivity contribution < 1.29 is 4.42 Å². The number of hydrogen-bond acceptors (Lipinski definition) is 5. The molecule has 0 saturated carbocycles. The summed E-state index contributed by atoms with van der Waals surface area (Å²) in [6.07, 6.45) is 1.84. The molecule has 5 nitrogen and oxygen atoms in total. The summed E-state index contributed by atoms with van der Waals surface area (Å²) in [6, 6.07) is 54.0. The summed E-state index contributed by atoms with van der Waals surface area (Å²) >= 11 is 0. The first-order valence-electron chi connectivity index (χ1n) is 16.6. The van der Waals surface area contributed by atoms with Gasteiger partial charge in [-0.1, -0.05) is 121 Å². The van der Waals surface area contributed by atoms with E-state index in [1.807, 2.05) is 72.9 Å². The molecule has 0 fully saturated rings. The number of pyridine rings is 1. The molecule has 50 heavy (non-hydrogen) atoms. The number of aryl methyl sites for hydroxylation is 1. The highest BCUT2D eigenvalue weighted by Crippen LogP contribution is 2.39. The molecule has 9 rings (SSSR count). The molecule has 5 heteroatoms. The summed E-state index contributed by atoms with van der Waals surface area (Å²) in [5.74, 6) is 1.72. The van der Waals surface area contributed by atoms with Crippen LogP contribution in [0.3, 0.4) is 0 Å². The molecule has 9 aromatic rings. The Hall–Kier alpha value is -6.72. The van der Waals surface area contributed by atoms with Gasteiger partial charge >= 0.3 is 0 Å². The van der Waals surface area contributed by atoms with Crippen LogP contribution in [0, 0.1) is 6.92 Å². The van der Waals surface area contributed by atoms with E-state index in [1.54, 1.807) is 0 Å². The molecule has 3 aromatic heterocycles. The van der Waals surface area contributed by atoms with E-state index in [0.717, 1.165) is 61.0 Å². The van der Waals surface area contributed by atoms with E-state index in [-0.39, 0.29) is 0 Å². The lowest BCUT2D eigenvalue weighted by Crippen LogP contribution is -2.00. The summed E-state index contributed by atoms with van der Waals surface area (Å²) in [5.41, 5.74) is 12.0. The van der Waals surface area contributed by atoms with E-state index in [0.29, 0.717) is 17.5 Å². The minimum atomic E-state index is 0.558. The van der Waals surface area contributed by atoms with Gasteiger partial charge in [-0.15, -0.1) is 0 Å². The zero-order valence-corrected chi connectivity index (χ0v) is 27.3. The monoisotopic (exact) mass is 642 g/mol. The minimum absolute atomic E-state index is 0.558. The van der Waals surface area contributed by atoms with Gasteiger partial charge < -0.3 is 4.42 Å². The summed E-state index contributed by atoms with van der Waals surface area (Å²) in [5, 5.41) is 2.12. The maximum absolute atomic E-state index is 6.50. The van der Waals surface area contributed by atoms with E-state index in [2.05, 4.69) is 97.9 Å². The maximum Gasteiger partial charge on any atom is 0.165 e. The van der Waals surface area contributed by atoms with Gasteiger partial charge in [-0.2, -0.15) is 0 Å². The molecule has 0 amide bonds. The smallest absolute Gasteiger partial charge is 0.165 e. The molecule has 236 valence electrons. The van der Waals surface area contributed by atoms with E-state index in [1.165, 1.54) is 16.7 Å². The second kappa shape index (κ2) is 12.4. The van der Waals surface area contributed by atoms with E-state index in [4.69, 9.17) is 24.4 Å². The van der Waals surface area contributed by atoms with Gasteiger partial charge in [0.1, 0.15) is 11.2 Å². The largest absolute Gasteiger partial charge is 0.456 e. The van der Waals surface area contributed by atoms with Gasteiger partial charge in [0.05, 0.1) is 5.69 Å². The topological polar surface area (TPSA) is 64.7 Å². The van der Waals surface area contributed by atoms with Crippen molar-refractivity contribution in [2.24, 2.45) is 0 Å². The van der Waals surface area contributed by atoms with Crippen LogP contribution in [0.4, 0.5) is 0 Å². The SMILES string of the molecule is Cc1cccc(-c2ccc(-c3nc(-c4ccccc4)nc(-c4ccc5c(c4)oc4cccc(-c6cccc(-c7ccccc7)c6)c45)n3)cn2)c1. The highest BCUT2D eigenvalue weighted by molar-refractivity contribution is 6.13. The molecular formula is C45H30N4O. The molecule has 0 N–H and O–H groups in total. The van der Waals surface area contributed by atoms with Crippen LogP contribution in [0.5, 0.6) is 0 Å². The van der Waals surface area contributed by atoms with Gasteiger partial charge in [0.2, 0.25) is 0 Å². The predicted molar refractivity (Wildman–Crippen MR) is 202 cm³/mol. The highest BCUT2D eigenvalue weighted by atomic mass is 16.3. The summed E-state index contributed by atoms with van der Waals surface area (Å²) in [7, 11) is 0. The van der Waals surface area contributed by atoms with Crippen molar-refractivity contribution in [3.63, 3.8) is 0 Å². The Morgan fingerprint density at radius 2 is 1.06 bits per heavy atom. The van der Waals surface area contributed by atoms with Gasteiger partial charge in [-0.05, 0) is 71.6 Å². The molecule has 6 aromatic carbocycles. The number of hydrogen-bond donors (Lipinski definition) is 0. The third-order valence-corrected chi connectivity index (χ3v) is 9.04. The zero-order chi connectivity index (χ0) is 33.4. The lowest BCUT2D eigenvalue weighted by Gasteiger charge is -2.09. The summed E-state index contributed by atoms with van der Waals surface area (Å²) in [6.45, 7) is 2.09. The molecule has 0 unspecified atom stereocenters. The van der Waals surface area contributed by atoms with Crippen LogP contribution in [0.2, 0.25) is 0 Å². The summed E-state index contributed by atoms with van der Waals surface area (Å²) < 4.78 is 6.50. The van der Waals surface area contributed by atoms with E-state index < -0.39 is 0 Å². The molecule has 0 spiro atoms. The zero-order valence-electron chi connectivity index (χ0n) is 27.3. The molecule has 0 atom stereocenters. The minimum Gasteiger partial charge on any atom is -0.456 e. The van der Waals surface area contributed by atoms with Crippen molar-refractivity contribution >= 4 is 21.9 Å². The van der Waals surface area contributed by atoms with Crippen LogP contribution in [0.1, 0.15) is 5.56 Å². The van der Waals surface area contributed by atoms with Crippen LogP contribution in [-0.4, -0.2) is 19.9 Å². The van der Waals surface area contributed by atoms with Gasteiger partial charge in [0.15, 0.2) is 17.5 Å². The van der Waals surface area contributed by atoms with Crippen molar-refractivity contribution in [3.05, 3.63) is 169 Å². The molecule has 0 aliphatic heterocycles. The lowest BCUT2D eigenvalue weighted by atomic mass is 9.96. The second-order valence-electron chi connectivity index (χ2n) is 12.4. The van der Waals surface area contributed by atoms with Gasteiger partial charge in [0.25, 0.3) is 0 Å². The number of fused-ring (bicyclic) bond motifs is 3. The Kier molecular flexibility index (Phi) is 7.29. The molecule has 0 bridgehead atoms. The third kappa shape index (κ3) is 5.51. The quantitative estimate of drug-likeness (QED) is 0.181. The number of nitrogens with zero attached hydrogens (tertiary/aromatic N) is 4. The van der Waals surface area contributed by atoms with Crippen molar-refractivity contribution in [1.29, 1.82) is 0 Å². The molecule has 0 aliphatic carbocycles. The second-order valence-corrected chi connectivity index (χ2v) is 12.4. The van der Waals surface area contributed by atoms with E-state index in [9.17, 15) is 0 Å². The third-order valence-electron chi connectivity index (χ3n) is 9.04. The normalized spacial score (nSPS) is 11.3. The summed E-state index contributed by atoms with van der Waals surface area (Å²) in [4.78, 5) is 19.6. The molecular weight excluding hydrogens is 613 g/mol. The number of furan rings is 1.